The van der Waals surface area contributed by atoms with Gasteiger partial charge >= 0.3 is 12.1 Å². The van der Waals surface area contributed by atoms with Gasteiger partial charge in [-0.15, -0.1) is 0 Å². The monoisotopic (exact) mass is 395 g/mol. The van der Waals surface area contributed by atoms with Crippen LogP contribution in [0.3, 0.4) is 0 Å². The van der Waals surface area contributed by atoms with Crippen molar-refractivity contribution < 1.29 is 32.6 Å². The van der Waals surface area contributed by atoms with E-state index in [0.717, 1.165) is 17.7 Å². The summed E-state index contributed by atoms with van der Waals surface area (Å²) in [6, 6.07) is 11.4. The highest BCUT2D eigenvalue weighted by Gasteiger charge is 2.29. The van der Waals surface area contributed by atoms with Crippen LogP contribution < -0.4 is 4.74 Å². The maximum absolute atomic E-state index is 12.5. The molecular formula is C20H20F3NO4. The lowest BCUT2D eigenvalue weighted by Crippen LogP contribution is -2.25. The van der Waals surface area contributed by atoms with Crippen LogP contribution in [-0.2, 0) is 22.4 Å². The van der Waals surface area contributed by atoms with E-state index >= 15 is 0 Å². The van der Waals surface area contributed by atoms with Crippen molar-refractivity contribution in [3.8, 4) is 5.75 Å². The number of aliphatic carboxylic acids is 1. The number of halogens is 3. The molecule has 0 saturated carbocycles. The molecule has 28 heavy (non-hydrogen) atoms. The molecule has 0 aliphatic rings. The molecule has 0 spiro atoms. The summed E-state index contributed by atoms with van der Waals surface area (Å²) in [4.78, 5) is 16.2. The summed E-state index contributed by atoms with van der Waals surface area (Å²) in [5.74, 6) is -0.600. The zero-order valence-corrected chi connectivity index (χ0v) is 15.4. The van der Waals surface area contributed by atoms with Crippen LogP contribution in [-0.4, -0.2) is 22.9 Å². The Morgan fingerprint density at radius 3 is 2.21 bits per heavy atom. The average molecular weight is 395 g/mol. The number of benzene rings is 2. The molecule has 8 heteroatoms. The zero-order chi connectivity index (χ0) is 20.7. The molecule has 5 nitrogen and oxygen atoms in total. The van der Waals surface area contributed by atoms with Crippen molar-refractivity contribution >= 4 is 11.7 Å². The Morgan fingerprint density at radius 1 is 1.11 bits per heavy atom. The summed E-state index contributed by atoms with van der Waals surface area (Å²) in [5.41, 5.74) is 1.14. The first-order chi connectivity index (χ1) is 13.2. The Morgan fingerprint density at radius 2 is 1.71 bits per heavy atom. The maximum Gasteiger partial charge on any atom is 0.416 e. The number of rotatable bonds is 8. The van der Waals surface area contributed by atoms with Gasteiger partial charge in [-0.2, -0.15) is 13.2 Å². The lowest BCUT2D eigenvalue weighted by atomic mass is 10.1. The second-order valence-corrected chi connectivity index (χ2v) is 6.02. The molecule has 0 fully saturated rings. The lowest BCUT2D eigenvalue weighted by molar-refractivity contribution is -0.145. The number of hydrogen-bond donors (Lipinski definition) is 1. The second-order valence-electron chi connectivity index (χ2n) is 6.02. The van der Waals surface area contributed by atoms with E-state index in [-0.39, 0.29) is 6.61 Å². The van der Waals surface area contributed by atoms with Gasteiger partial charge < -0.3 is 14.7 Å². The van der Waals surface area contributed by atoms with E-state index in [1.54, 1.807) is 38.1 Å². The highest BCUT2D eigenvalue weighted by atomic mass is 19.4. The number of ether oxygens (including phenoxy) is 1. The molecule has 2 aromatic rings. The van der Waals surface area contributed by atoms with Crippen LogP contribution in [0, 0.1) is 0 Å². The molecule has 0 saturated heterocycles. The van der Waals surface area contributed by atoms with Crippen molar-refractivity contribution in [2.75, 3.05) is 0 Å². The van der Waals surface area contributed by atoms with Gasteiger partial charge in [-0.3, -0.25) is 0 Å². The zero-order valence-electron chi connectivity index (χ0n) is 15.4. The Labute approximate surface area is 160 Å². The van der Waals surface area contributed by atoms with Crippen LogP contribution in [0.4, 0.5) is 13.2 Å². The van der Waals surface area contributed by atoms with Crippen molar-refractivity contribution in [1.29, 1.82) is 0 Å². The molecule has 1 unspecified atom stereocenters. The molecule has 1 atom stereocenters. The van der Waals surface area contributed by atoms with Crippen LogP contribution in [0.5, 0.6) is 5.75 Å². The third kappa shape index (κ3) is 6.00. The summed E-state index contributed by atoms with van der Waals surface area (Å²) in [6.45, 7) is 3.47. The van der Waals surface area contributed by atoms with Crippen molar-refractivity contribution in [3.63, 3.8) is 0 Å². The van der Waals surface area contributed by atoms with Crippen molar-refractivity contribution in [3.05, 3.63) is 65.2 Å². The van der Waals surface area contributed by atoms with Gasteiger partial charge in [0, 0.05) is 0 Å². The van der Waals surface area contributed by atoms with Crippen LogP contribution in [0.15, 0.2) is 53.7 Å². The van der Waals surface area contributed by atoms with Gasteiger partial charge in [-0.1, -0.05) is 24.2 Å². The summed E-state index contributed by atoms with van der Waals surface area (Å²) in [5, 5.41) is 13.0. The predicted molar refractivity (Wildman–Crippen MR) is 97.2 cm³/mol. The minimum absolute atomic E-state index is 0.0352. The highest BCUT2D eigenvalue weighted by molar-refractivity contribution is 5.98. The summed E-state index contributed by atoms with van der Waals surface area (Å²) < 4.78 is 43.0. The number of carboxylic acid groups (broad SMARTS) is 1. The molecule has 2 aromatic carbocycles. The van der Waals surface area contributed by atoms with Crippen LogP contribution in [0.2, 0.25) is 0 Å². The molecule has 2 rings (SSSR count). The van der Waals surface area contributed by atoms with Crippen LogP contribution in [0.1, 0.15) is 37.0 Å². The smallest absolute Gasteiger partial charge is 0.416 e. The minimum Gasteiger partial charge on any atom is -0.479 e. The fourth-order valence-electron chi connectivity index (χ4n) is 2.29. The van der Waals surface area contributed by atoms with E-state index in [1.165, 1.54) is 12.1 Å². The number of carboxylic acids is 1. The number of carbonyl (C=O) groups is 1. The van der Waals surface area contributed by atoms with Gasteiger partial charge in [0.2, 0.25) is 0 Å². The van der Waals surface area contributed by atoms with Gasteiger partial charge in [0.25, 0.3) is 0 Å². The number of nitrogens with zero attached hydrogens (tertiary/aromatic N) is 1. The molecule has 0 radical (unpaired) electrons. The van der Waals surface area contributed by atoms with E-state index in [1.807, 2.05) is 0 Å². The molecule has 0 amide bonds. The molecule has 1 N–H and O–H groups in total. The Hall–Kier alpha value is -3.03. The Kier molecular flexibility index (Phi) is 7.03. The summed E-state index contributed by atoms with van der Waals surface area (Å²) in [6.07, 6.45) is -4.94. The van der Waals surface area contributed by atoms with E-state index < -0.39 is 23.8 Å². The Bertz CT molecular complexity index is 815. The van der Waals surface area contributed by atoms with E-state index in [4.69, 9.17) is 14.7 Å². The van der Waals surface area contributed by atoms with Crippen molar-refractivity contribution in [2.45, 2.75) is 39.2 Å². The number of hydrogen-bond acceptors (Lipinski definition) is 4. The molecule has 150 valence electrons. The Balaban J connectivity index is 1.93. The van der Waals surface area contributed by atoms with Crippen molar-refractivity contribution in [1.82, 2.24) is 0 Å². The molecule has 0 heterocycles. The van der Waals surface area contributed by atoms with Gasteiger partial charge in [-0.25, -0.2) is 4.79 Å². The standard InChI is InChI=1S/C20H20F3NO4/c1-3-18(19(25)26)28-17-10-6-15(7-11-17)13(2)24-27-12-14-4-8-16(9-5-14)20(21,22)23/h4-11,18H,3,12H2,1-2H3,(H,25,26)/b24-13+. The molecule has 0 aliphatic heterocycles. The fraction of sp³-hybridized carbons (Fsp3) is 0.300. The third-order valence-corrected chi connectivity index (χ3v) is 3.91. The average Bonchev–Trinajstić information content (AvgIpc) is 2.66. The van der Waals surface area contributed by atoms with E-state index in [9.17, 15) is 18.0 Å². The van der Waals surface area contributed by atoms with Gasteiger partial charge in [0.15, 0.2) is 6.10 Å². The maximum atomic E-state index is 12.5. The lowest BCUT2D eigenvalue weighted by Gasteiger charge is -2.13. The van der Waals surface area contributed by atoms with Crippen LogP contribution >= 0.6 is 0 Å². The topological polar surface area (TPSA) is 68.1 Å². The highest BCUT2D eigenvalue weighted by Crippen LogP contribution is 2.29. The minimum atomic E-state index is -4.37. The summed E-state index contributed by atoms with van der Waals surface area (Å²) in [7, 11) is 0. The van der Waals surface area contributed by atoms with Crippen LogP contribution in [0.25, 0.3) is 0 Å². The van der Waals surface area contributed by atoms with Gasteiger partial charge in [0.1, 0.15) is 12.4 Å². The molecular weight excluding hydrogens is 375 g/mol. The summed E-state index contributed by atoms with van der Waals surface area (Å²) >= 11 is 0. The van der Waals surface area contributed by atoms with E-state index in [2.05, 4.69) is 5.16 Å². The van der Waals surface area contributed by atoms with Gasteiger partial charge in [-0.05, 0) is 60.9 Å². The fourth-order valence-corrected chi connectivity index (χ4v) is 2.29. The predicted octanol–water partition coefficient (Wildman–Crippen LogP) is 4.89. The first kappa shape index (κ1) is 21.3. The largest absolute Gasteiger partial charge is 0.479 e. The molecule has 0 aliphatic carbocycles. The normalized spacial score (nSPS) is 13.1. The van der Waals surface area contributed by atoms with Crippen molar-refractivity contribution in [2.24, 2.45) is 5.16 Å². The second kappa shape index (κ2) is 9.25. The first-order valence-corrected chi connectivity index (χ1v) is 8.53. The quantitative estimate of drug-likeness (QED) is 0.511. The SMILES string of the molecule is CCC(Oc1ccc(/C(C)=N/OCc2ccc(C(F)(F)F)cc2)cc1)C(=O)O. The van der Waals surface area contributed by atoms with E-state index in [0.29, 0.717) is 23.4 Å². The molecule has 0 bridgehead atoms. The van der Waals surface area contributed by atoms with Gasteiger partial charge in [0.05, 0.1) is 11.3 Å². The number of alkyl halides is 3. The molecule has 0 aromatic heterocycles. The number of oxime groups is 1. The third-order valence-electron chi connectivity index (χ3n) is 3.91. The first-order valence-electron chi connectivity index (χ1n) is 8.53.